The number of alkyl halides is 3. The van der Waals surface area contributed by atoms with E-state index in [9.17, 15) is 18.0 Å². The van der Waals surface area contributed by atoms with Crippen molar-refractivity contribution in [2.45, 2.75) is 39.0 Å². The molecule has 0 atom stereocenters. The Morgan fingerprint density at radius 1 is 1.24 bits per heavy atom. The zero-order valence-electron chi connectivity index (χ0n) is 12.2. The number of carbonyl (C=O) groups is 1. The second-order valence-electron chi connectivity index (χ2n) is 4.99. The number of hydrogen-bond donors (Lipinski definition) is 1. The molecule has 0 spiro atoms. The molecule has 0 saturated carbocycles. The Kier molecular flexibility index (Phi) is 6.68. The van der Waals surface area contributed by atoms with Crippen LogP contribution in [0.4, 0.5) is 13.2 Å². The lowest BCUT2D eigenvalue weighted by Gasteiger charge is -2.09. The number of hydrogen-bond acceptors (Lipinski definition) is 2. The minimum atomic E-state index is -4.35. The van der Waals surface area contributed by atoms with Gasteiger partial charge in [-0.1, -0.05) is 12.1 Å². The van der Waals surface area contributed by atoms with Crippen LogP contribution < -0.4 is 5.32 Å². The van der Waals surface area contributed by atoms with Gasteiger partial charge in [-0.25, -0.2) is 0 Å². The number of halogens is 3. The molecule has 0 aromatic heterocycles. The predicted molar refractivity (Wildman–Crippen MR) is 73.9 cm³/mol. The molecule has 0 unspecified atom stereocenters. The van der Waals surface area contributed by atoms with Crippen LogP contribution in [0.3, 0.4) is 0 Å². The van der Waals surface area contributed by atoms with Gasteiger partial charge in [0.15, 0.2) is 0 Å². The van der Waals surface area contributed by atoms with Crippen LogP contribution in [0.5, 0.6) is 0 Å². The van der Waals surface area contributed by atoms with E-state index < -0.39 is 11.7 Å². The van der Waals surface area contributed by atoms with Gasteiger partial charge in [0.2, 0.25) is 5.91 Å². The van der Waals surface area contributed by atoms with Gasteiger partial charge in [-0.05, 0) is 38.0 Å². The summed E-state index contributed by atoms with van der Waals surface area (Å²) >= 11 is 0. The lowest BCUT2D eigenvalue weighted by Crippen LogP contribution is -2.27. The van der Waals surface area contributed by atoms with Crippen molar-refractivity contribution in [3.05, 3.63) is 35.4 Å². The van der Waals surface area contributed by atoms with E-state index in [2.05, 4.69) is 5.32 Å². The molecular formula is C15H20F3NO2. The van der Waals surface area contributed by atoms with Gasteiger partial charge >= 0.3 is 6.18 Å². The Morgan fingerprint density at radius 2 is 1.86 bits per heavy atom. The van der Waals surface area contributed by atoms with E-state index in [4.69, 9.17) is 4.74 Å². The van der Waals surface area contributed by atoms with Gasteiger partial charge in [-0.3, -0.25) is 4.79 Å². The summed E-state index contributed by atoms with van der Waals surface area (Å²) in [4.78, 5) is 11.6. The van der Waals surface area contributed by atoms with E-state index in [1.165, 1.54) is 12.1 Å². The van der Waals surface area contributed by atoms with Crippen molar-refractivity contribution >= 4 is 5.91 Å². The molecule has 21 heavy (non-hydrogen) atoms. The van der Waals surface area contributed by atoms with E-state index in [0.29, 0.717) is 25.1 Å². The molecule has 3 nitrogen and oxygen atoms in total. The fourth-order valence-electron chi connectivity index (χ4n) is 1.68. The highest BCUT2D eigenvalue weighted by atomic mass is 19.4. The zero-order valence-corrected chi connectivity index (χ0v) is 12.2. The van der Waals surface area contributed by atoms with Gasteiger partial charge in [0.25, 0.3) is 0 Å². The number of amides is 1. The average Bonchev–Trinajstić information content (AvgIpc) is 2.37. The summed E-state index contributed by atoms with van der Waals surface area (Å²) in [5, 5.41) is 2.71. The van der Waals surface area contributed by atoms with E-state index in [0.717, 1.165) is 12.1 Å². The van der Waals surface area contributed by atoms with Crippen LogP contribution in [0, 0.1) is 0 Å². The van der Waals surface area contributed by atoms with Gasteiger partial charge in [-0.15, -0.1) is 0 Å². The Morgan fingerprint density at radius 3 is 2.38 bits per heavy atom. The summed E-state index contributed by atoms with van der Waals surface area (Å²) < 4.78 is 42.5. The van der Waals surface area contributed by atoms with E-state index >= 15 is 0 Å². The molecule has 1 rings (SSSR count). The van der Waals surface area contributed by atoms with Crippen molar-refractivity contribution in [3.8, 4) is 0 Å². The van der Waals surface area contributed by atoms with E-state index in [1.54, 1.807) is 0 Å². The average molecular weight is 303 g/mol. The third-order valence-corrected chi connectivity index (χ3v) is 2.74. The highest BCUT2D eigenvalue weighted by Gasteiger charge is 2.29. The SMILES string of the molecule is CC(C)OCCCNC(=O)Cc1ccc(C(F)(F)F)cc1. The standard InChI is InChI=1S/C15H20F3NO2/c1-11(2)21-9-3-8-19-14(20)10-12-4-6-13(7-5-12)15(16,17)18/h4-7,11H,3,8-10H2,1-2H3,(H,19,20). The van der Waals surface area contributed by atoms with Crippen molar-refractivity contribution in [2.75, 3.05) is 13.2 Å². The van der Waals surface area contributed by atoms with E-state index in [1.807, 2.05) is 13.8 Å². The molecule has 0 fully saturated rings. The van der Waals surface area contributed by atoms with Gasteiger partial charge < -0.3 is 10.1 Å². The first kappa shape index (κ1) is 17.5. The number of nitrogens with one attached hydrogen (secondary N) is 1. The van der Waals surface area contributed by atoms with Gasteiger partial charge in [0.05, 0.1) is 18.1 Å². The lowest BCUT2D eigenvalue weighted by atomic mass is 10.1. The molecule has 1 aromatic rings. The van der Waals surface area contributed by atoms with Crippen molar-refractivity contribution in [1.82, 2.24) is 5.32 Å². The van der Waals surface area contributed by atoms with Crippen LogP contribution in [0.15, 0.2) is 24.3 Å². The lowest BCUT2D eigenvalue weighted by molar-refractivity contribution is -0.137. The first-order valence-electron chi connectivity index (χ1n) is 6.83. The number of ether oxygens (including phenoxy) is 1. The zero-order chi connectivity index (χ0) is 15.9. The maximum absolute atomic E-state index is 12.4. The van der Waals surface area contributed by atoms with Crippen LogP contribution in [0.2, 0.25) is 0 Å². The Balaban J connectivity index is 2.31. The largest absolute Gasteiger partial charge is 0.416 e. The van der Waals surface area contributed by atoms with Crippen molar-refractivity contribution < 1.29 is 22.7 Å². The second-order valence-corrected chi connectivity index (χ2v) is 4.99. The molecule has 0 aliphatic rings. The molecule has 0 radical (unpaired) electrons. The van der Waals surface area contributed by atoms with Crippen LogP contribution in [0.25, 0.3) is 0 Å². The first-order valence-corrected chi connectivity index (χ1v) is 6.83. The maximum atomic E-state index is 12.4. The third-order valence-electron chi connectivity index (χ3n) is 2.74. The fourth-order valence-corrected chi connectivity index (χ4v) is 1.68. The summed E-state index contributed by atoms with van der Waals surface area (Å²) in [5.74, 6) is -0.209. The van der Waals surface area contributed by atoms with Crippen molar-refractivity contribution in [3.63, 3.8) is 0 Å². The number of rotatable bonds is 7. The molecule has 1 N–H and O–H groups in total. The van der Waals surface area contributed by atoms with Crippen molar-refractivity contribution in [1.29, 1.82) is 0 Å². The minimum absolute atomic E-state index is 0.0726. The van der Waals surface area contributed by atoms with Crippen LogP contribution in [0.1, 0.15) is 31.4 Å². The van der Waals surface area contributed by atoms with Gasteiger partial charge in [-0.2, -0.15) is 13.2 Å². The van der Waals surface area contributed by atoms with Gasteiger partial charge in [0.1, 0.15) is 0 Å². The van der Waals surface area contributed by atoms with E-state index in [-0.39, 0.29) is 18.4 Å². The molecule has 0 aliphatic heterocycles. The Hall–Kier alpha value is -1.56. The fraction of sp³-hybridized carbons (Fsp3) is 0.533. The Bertz CT molecular complexity index is 441. The first-order chi connectivity index (χ1) is 9.79. The smallest absolute Gasteiger partial charge is 0.379 e. The molecule has 118 valence electrons. The minimum Gasteiger partial charge on any atom is -0.379 e. The summed E-state index contributed by atoms with van der Waals surface area (Å²) in [6.45, 7) is 4.93. The number of benzene rings is 1. The molecule has 0 aliphatic carbocycles. The monoisotopic (exact) mass is 303 g/mol. The topological polar surface area (TPSA) is 38.3 Å². The van der Waals surface area contributed by atoms with Crippen molar-refractivity contribution in [2.24, 2.45) is 0 Å². The summed E-state index contributed by atoms with van der Waals surface area (Å²) in [6, 6.07) is 4.62. The van der Waals surface area contributed by atoms with Crippen LogP contribution >= 0.6 is 0 Å². The van der Waals surface area contributed by atoms with Gasteiger partial charge in [0, 0.05) is 13.2 Å². The molecule has 0 saturated heterocycles. The second kappa shape index (κ2) is 8.02. The summed E-state index contributed by atoms with van der Waals surface area (Å²) in [6.07, 6.45) is -3.41. The summed E-state index contributed by atoms with van der Waals surface area (Å²) in [7, 11) is 0. The Labute approximate surface area is 122 Å². The molecule has 0 heterocycles. The maximum Gasteiger partial charge on any atom is 0.416 e. The molecule has 6 heteroatoms. The van der Waals surface area contributed by atoms with Crippen LogP contribution in [-0.2, 0) is 22.1 Å². The molecule has 1 aromatic carbocycles. The predicted octanol–water partition coefficient (Wildman–Crippen LogP) is 3.18. The highest BCUT2D eigenvalue weighted by molar-refractivity contribution is 5.78. The van der Waals surface area contributed by atoms with Crippen LogP contribution in [-0.4, -0.2) is 25.2 Å². The molecule has 0 bridgehead atoms. The molecular weight excluding hydrogens is 283 g/mol. The third kappa shape index (κ3) is 7.13. The number of carbonyl (C=O) groups excluding carboxylic acids is 1. The normalized spacial score (nSPS) is 11.7. The molecule has 1 amide bonds. The summed E-state index contributed by atoms with van der Waals surface area (Å²) in [5.41, 5.74) is -0.156. The quantitative estimate of drug-likeness (QED) is 0.786. The highest BCUT2D eigenvalue weighted by Crippen LogP contribution is 2.29.